The van der Waals surface area contributed by atoms with Gasteiger partial charge in [0, 0.05) is 35.7 Å². The number of benzene rings is 1. The van der Waals surface area contributed by atoms with E-state index in [0.29, 0.717) is 57.6 Å². The summed E-state index contributed by atoms with van der Waals surface area (Å²) in [4.78, 5) is 33.4. The number of nitrogens with two attached hydrogens (primary N) is 1. The summed E-state index contributed by atoms with van der Waals surface area (Å²) < 4.78 is 21.2. The van der Waals surface area contributed by atoms with Crippen LogP contribution < -0.4 is 16.0 Å². The van der Waals surface area contributed by atoms with Crippen molar-refractivity contribution in [3.8, 4) is 34.2 Å². The van der Waals surface area contributed by atoms with Crippen molar-refractivity contribution < 1.29 is 9.13 Å². The van der Waals surface area contributed by atoms with Crippen LogP contribution in [0.3, 0.4) is 0 Å². The van der Waals surface area contributed by atoms with Crippen LogP contribution in [0.15, 0.2) is 65.7 Å². The third kappa shape index (κ3) is 5.27. The zero-order chi connectivity index (χ0) is 25.9. The van der Waals surface area contributed by atoms with Gasteiger partial charge < -0.3 is 15.5 Å². The Labute approximate surface area is 224 Å². The van der Waals surface area contributed by atoms with Crippen LogP contribution in [0, 0.1) is 5.82 Å². The molecule has 1 atom stereocenters. The lowest BCUT2D eigenvalue weighted by Crippen LogP contribution is -2.15. The van der Waals surface area contributed by atoms with E-state index in [9.17, 15) is 9.18 Å². The number of fused-ring (bicyclic) bond motifs is 1. The second kappa shape index (κ2) is 11.5. The van der Waals surface area contributed by atoms with Gasteiger partial charge in [0.2, 0.25) is 11.4 Å². The van der Waals surface area contributed by atoms with Gasteiger partial charge in [-0.25, -0.2) is 24.3 Å². The zero-order valence-electron chi connectivity index (χ0n) is 20.9. The zero-order valence-corrected chi connectivity index (χ0v) is 21.7. The van der Waals surface area contributed by atoms with Gasteiger partial charge in [0.05, 0.1) is 18.8 Å². The van der Waals surface area contributed by atoms with Crippen molar-refractivity contribution in [1.29, 1.82) is 0 Å². The van der Waals surface area contributed by atoms with Gasteiger partial charge in [-0.2, -0.15) is 0 Å². The molecule has 196 valence electrons. The summed E-state index contributed by atoms with van der Waals surface area (Å²) in [7, 11) is 1.55. The molecule has 4 aromatic heterocycles. The molecule has 0 radical (unpaired) electrons. The van der Waals surface area contributed by atoms with Gasteiger partial charge in [-0.15, -0.1) is 12.4 Å². The predicted octanol–water partition coefficient (Wildman–Crippen LogP) is 4.99. The number of unbranched alkanes of at least 4 members (excludes halogenated alkanes) is 1. The second-order valence-corrected chi connectivity index (χ2v) is 8.63. The number of halogens is 2. The lowest BCUT2D eigenvalue weighted by atomic mass is 10.1. The molecule has 0 bridgehead atoms. The van der Waals surface area contributed by atoms with Crippen LogP contribution in [0.5, 0.6) is 5.88 Å². The lowest BCUT2D eigenvalue weighted by molar-refractivity contribution is 0.398. The summed E-state index contributed by atoms with van der Waals surface area (Å²) in [5.74, 6) is 0.972. The standard InChI is InChI=1S/C27H26FN7O2.ClH/c1-3-4-8-20(29)25-32-23(17-9-12-22(37-2)31-14-17)24-27(34-25)35(19-10-11-21(36)30-15-19)26(33-24)16-6-5-7-18(28)13-16;/h5-7,9-15,20H,3-4,8,29H2,1-2H3,(H,30,36);1H. The number of hydrogen-bond donors (Lipinski definition) is 2. The highest BCUT2D eigenvalue weighted by Crippen LogP contribution is 2.33. The number of imidazole rings is 1. The fourth-order valence-corrected chi connectivity index (χ4v) is 4.14. The summed E-state index contributed by atoms with van der Waals surface area (Å²) in [6.45, 7) is 2.10. The Kier molecular flexibility index (Phi) is 8.13. The maximum atomic E-state index is 14.3. The molecule has 1 aromatic carbocycles. The fourth-order valence-electron chi connectivity index (χ4n) is 4.14. The number of aromatic amines is 1. The van der Waals surface area contributed by atoms with Gasteiger partial charge >= 0.3 is 0 Å². The number of rotatable bonds is 8. The molecular weight excluding hydrogens is 509 g/mol. The molecular formula is C27H27ClFN7O2. The van der Waals surface area contributed by atoms with Gasteiger partial charge in [0.25, 0.3) is 0 Å². The highest BCUT2D eigenvalue weighted by molar-refractivity contribution is 5.91. The molecule has 1 unspecified atom stereocenters. The lowest BCUT2D eigenvalue weighted by Gasteiger charge is -2.13. The SMILES string of the molecule is CCCCC(N)c1nc(-c2ccc(OC)nc2)c2nc(-c3cccc(F)c3)n(-c3ccc(=O)[nH]c3)c2n1.Cl. The van der Waals surface area contributed by atoms with Gasteiger partial charge in [0.15, 0.2) is 5.65 Å². The Bertz CT molecular complexity index is 1600. The molecule has 0 spiro atoms. The molecule has 0 saturated heterocycles. The van der Waals surface area contributed by atoms with Crippen LogP contribution in [-0.4, -0.2) is 36.6 Å². The van der Waals surface area contributed by atoms with Crippen molar-refractivity contribution >= 4 is 23.6 Å². The first kappa shape index (κ1) is 26.9. The van der Waals surface area contributed by atoms with Gasteiger partial charge in [0.1, 0.15) is 28.7 Å². The monoisotopic (exact) mass is 535 g/mol. The second-order valence-electron chi connectivity index (χ2n) is 8.63. The van der Waals surface area contributed by atoms with Crippen molar-refractivity contribution in [3.63, 3.8) is 0 Å². The van der Waals surface area contributed by atoms with E-state index in [4.69, 9.17) is 25.4 Å². The number of methoxy groups -OCH3 is 1. The maximum Gasteiger partial charge on any atom is 0.248 e. The number of nitrogens with one attached hydrogen (secondary N) is 1. The summed E-state index contributed by atoms with van der Waals surface area (Å²) >= 11 is 0. The molecule has 0 aliphatic carbocycles. The average Bonchev–Trinajstić information content (AvgIpc) is 3.31. The van der Waals surface area contributed by atoms with Crippen LogP contribution >= 0.6 is 12.4 Å². The number of nitrogens with zero attached hydrogens (tertiary/aromatic N) is 5. The Morgan fingerprint density at radius 1 is 1.11 bits per heavy atom. The minimum Gasteiger partial charge on any atom is -0.481 e. The highest BCUT2D eigenvalue weighted by atomic mass is 35.5. The first-order valence-electron chi connectivity index (χ1n) is 12.0. The van der Waals surface area contributed by atoms with Crippen LogP contribution in [0.25, 0.3) is 39.5 Å². The van der Waals surface area contributed by atoms with Gasteiger partial charge in [-0.3, -0.25) is 9.36 Å². The number of aromatic nitrogens is 6. The van der Waals surface area contributed by atoms with Crippen LogP contribution in [0.2, 0.25) is 0 Å². The molecule has 9 nitrogen and oxygen atoms in total. The quantitative estimate of drug-likeness (QED) is 0.286. The Hall–Kier alpha value is -4.15. The van der Waals surface area contributed by atoms with Crippen LogP contribution in [-0.2, 0) is 0 Å². The van der Waals surface area contributed by atoms with E-state index in [2.05, 4.69) is 16.9 Å². The first-order chi connectivity index (χ1) is 18.0. The summed E-state index contributed by atoms with van der Waals surface area (Å²) in [6.07, 6.45) is 5.86. The third-order valence-corrected chi connectivity index (χ3v) is 6.05. The van der Waals surface area contributed by atoms with E-state index in [1.165, 1.54) is 18.2 Å². The molecule has 3 N–H and O–H groups in total. The summed E-state index contributed by atoms with van der Waals surface area (Å²) in [6, 6.07) is 12.4. The molecule has 5 rings (SSSR count). The minimum absolute atomic E-state index is 0. The molecule has 0 amide bonds. The number of ether oxygens (including phenoxy) is 1. The van der Waals surface area contributed by atoms with E-state index in [0.717, 1.165) is 12.8 Å². The van der Waals surface area contributed by atoms with Crippen molar-refractivity contribution in [3.05, 3.63) is 82.9 Å². The van der Waals surface area contributed by atoms with Crippen molar-refractivity contribution in [2.45, 2.75) is 32.2 Å². The topological polar surface area (TPSA) is 125 Å². The normalized spacial score (nSPS) is 11.8. The van der Waals surface area contributed by atoms with E-state index < -0.39 is 11.9 Å². The Morgan fingerprint density at radius 2 is 1.95 bits per heavy atom. The van der Waals surface area contributed by atoms with Crippen molar-refractivity contribution in [1.82, 2.24) is 29.5 Å². The third-order valence-electron chi connectivity index (χ3n) is 6.05. The van der Waals surface area contributed by atoms with E-state index in [1.54, 1.807) is 48.3 Å². The largest absolute Gasteiger partial charge is 0.481 e. The fraction of sp³-hybridized carbons (Fsp3) is 0.222. The van der Waals surface area contributed by atoms with Crippen molar-refractivity contribution in [2.75, 3.05) is 7.11 Å². The number of pyridine rings is 2. The average molecular weight is 536 g/mol. The summed E-state index contributed by atoms with van der Waals surface area (Å²) in [5, 5.41) is 0. The molecule has 4 heterocycles. The molecule has 0 aliphatic rings. The molecule has 0 saturated carbocycles. The van der Waals surface area contributed by atoms with Crippen molar-refractivity contribution in [2.24, 2.45) is 5.73 Å². The van der Waals surface area contributed by atoms with E-state index >= 15 is 0 Å². The minimum atomic E-state index is -0.398. The van der Waals surface area contributed by atoms with E-state index in [-0.39, 0.29) is 18.0 Å². The molecule has 38 heavy (non-hydrogen) atoms. The number of hydrogen-bond acceptors (Lipinski definition) is 7. The van der Waals surface area contributed by atoms with E-state index in [1.807, 2.05) is 6.07 Å². The molecule has 0 fully saturated rings. The molecule has 5 aromatic rings. The van der Waals surface area contributed by atoms with Crippen LogP contribution in [0.4, 0.5) is 4.39 Å². The van der Waals surface area contributed by atoms with Crippen LogP contribution in [0.1, 0.15) is 38.1 Å². The Balaban J connectivity index is 0.00000336. The summed E-state index contributed by atoms with van der Waals surface area (Å²) in [5.41, 5.74) is 9.64. The number of H-pyrrole nitrogens is 1. The first-order valence-corrected chi connectivity index (χ1v) is 12.0. The predicted molar refractivity (Wildman–Crippen MR) is 146 cm³/mol. The van der Waals surface area contributed by atoms with Gasteiger partial charge in [-0.05, 0) is 30.7 Å². The van der Waals surface area contributed by atoms with Gasteiger partial charge in [-0.1, -0.05) is 31.9 Å². The molecule has 11 heteroatoms. The maximum absolute atomic E-state index is 14.3. The smallest absolute Gasteiger partial charge is 0.248 e. The Morgan fingerprint density at radius 3 is 2.61 bits per heavy atom. The highest BCUT2D eigenvalue weighted by Gasteiger charge is 2.23. The molecule has 0 aliphatic heterocycles.